The fraction of sp³-hybridized carbons (Fsp3) is 0.462. The zero-order valence-electron chi connectivity index (χ0n) is 10.1. The normalized spacial score (nSPS) is 11.9. The Hall–Kier alpha value is -1.21. The smallest absolute Gasteiger partial charge is 0.133 e. The summed E-state index contributed by atoms with van der Waals surface area (Å²) in [4.78, 5) is 0. The van der Waals surface area contributed by atoms with Crippen LogP contribution in [0.1, 0.15) is 19.4 Å². The Morgan fingerprint density at radius 3 is 2.94 bits per heavy atom. The van der Waals surface area contributed by atoms with Gasteiger partial charge in [-0.25, -0.2) is 4.39 Å². The van der Waals surface area contributed by atoms with Gasteiger partial charge in [-0.3, -0.25) is 0 Å². The Labute approximate surface area is 106 Å². The third-order valence-corrected chi connectivity index (χ3v) is 3.19. The lowest BCUT2D eigenvalue weighted by atomic mass is 10.0. The Kier molecular flexibility index (Phi) is 5.85. The van der Waals surface area contributed by atoms with Crippen LogP contribution >= 0.6 is 11.8 Å². The molecule has 0 bridgehead atoms. The van der Waals surface area contributed by atoms with Crippen LogP contribution in [0, 0.1) is 22.4 Å². The first-order valence-corrected chi connectivity index (χ1v) is 6.58. The van der Waals surface area contributed by atoms with E-state index in [0.717, 1.165) is 23.5 Å². The third kappa shape index (κ3) is 4.66. The molecule has 1 unspecified atom stereocenters. The van der Waals surface area contributed by atoms with Crippen LogP contribution in [-0.4, -0.2) is 12.4 Å². The number of ether oxygens (including phenoxy) is 1. The molecular formula is C13H16FNOS. The van der Waals surface area contributed by atoms with Crippen molar-refractivity contribution >= 4 is 11.8 Å². The fourth-order valence-corrected chi connectivity index (χ4v) is 2.09. The second kappa shape index (κ2) is 7.18. The van der Waals surface area contributed by atoms with Crippen molar-refractivity contribution in [3.63, 3.8) is 0 Å². The molecule has 0 aliphatic carbocycles. The van der Waals surface area contributed by atoms with Gasteiger partial charge < -0.3 is 4.74 Å². The Morgan fingerprint density at radius 1 is 1.53 bits per heavy atom. The molecule has 92 valence electrons. The molecule has 0 aliphatic heterocycles. The molecule has 0 heterocycles. The van der Waals surface area contributed by atoms with E-state index in [1.165, 1.54) is 23.9 Å². The first-order valence-electron chi connectivity index (χ1n) is 5.59. The zero-order chi connectivity index (χ0) is 12.7. The van der Waals surface area contributed by atoms with Gasteiger partial charge in [0, 0.05) is 5.75 Å². The molecule has 1 atom stereocenters. The monoisotopic (exact) mass is 253 g/mol. The van der Waals surface area contributed by atoms with E-state index in [0.29, 0.717) is 12.5 Å². The molecule has 0 N–H and O–H groups in total. The molecule has 0 saturated heterocycles. The highest BCUT2D eigenvalue weighted by Crippen LogP contribution is 2.24. The Balaban J connectivity index is 2.73. The number of rotatable bonds is 6. The lowest BCUT2D eigenvalue weighted by molar-refractivity contribution is 0.334. The minimum Gasteiger partial charge on any atom is -0.494 e. The molecule has 2 nitrogen and oxygen atoms in total. The number of hydrogen-bond acceptors (Lipinski definition) is 3. The average Bonchev–Trinajstić information content (AvgIpc) is 2.30. The highest BCUT2D eigenvalue weighted by Gasteiger charge is 2.10. The van der Waals surface area contributed by atoms with E-state index in [4.69, 9.17) is 10.00 Å². The van der Waals surface area contributed by atoms with Gasteiger partial charge in [0.2, 0.25) is 0 Å². The van der Waals surface area contributed by atoms with E-state index in [-0.39, 0.29) is 5.82 Å². The van der Waals surface area contributed by atoms with E-state index in [1.807, 2.05) is 19.2 Å². The minimum atomic E-state index is -0.247. The fourth-order valence-electron chi connectivity index (χ4n) is 1.62. The number of thioether (sulfide) groups is 1. The molecule has 4 heteroatoms. The molecule has 17 heavy (non-hydrogen) atoms. The summed E-state index contributed by atoms with van der Waals surface area (Å²) in [5, 5.41) is 10.5. The van der Waals surface area contributed by atoms with Crippen LogP contribution in [0.2, 0.25) is 0 Å². The van der Waals surface area contributed by atoms with Crippen LogP contribution in [0.25, 0.3) is 0 Å². The molecule has 0 fully saturated rings. The topological polar surface area (TPSA) is 33.0 Å². The summed E-state index contributed by atoms with van der Waals surface area (Å²) in [5.74, 6) is 1.56. The second-order valence-electron chi connectivity index (χ2n) is 3.90. The summed E-state index contributed by atoms with van der Waals surface area (Å²) < 4.78 is 18.6. The van der Waals surface area contributed by atoms with Crippen molar-refractivity contribution < 1.29 is 9.13 Å². The van der Waals surface area contributed by atoms with Gasteiger partial charge in [0.1, 0.15) is 17.0 Å². The van der Waals surface area contributed by atoms with Crippen molar-refractivity contribution in [1.82, 2.24) is 0 Å². The van der Waals surface area contributed by atoms with Crippen molar-refractivity contribution in [3.8, 4) is 11.2 Å². The van der Waals surface area contributed by atoms with E-state index in [9.17, 15) is 4.39 Å². The molecule has 0 aliphatic rings. The molecular weight excluding hydrogens is 237 g/mol. The molecule has 1 aromatic carbocycles. The number of thiocyanates is 1. The zero-order valence-corrected chi connectivity index (χ0v) is 10.9. The predicted octanol–water partition coefficient (Wildman–Crippen LogP) is 3.62. The van der Waals surface area contributed by atoms with E-state index in [2.05, 4.69) is 0 Å². The van der Waals surface area contributed by atoms with Gasteiger partial charge in [-0.15, -0.1) is 0 Å². The molecule has 0 spiro atoms. The van der Waals surface area contributed by atoms with Crippen LogP contribution in [0.3, 0.4) is 0 Å². The second-order valence-corrected chi connectivity index (χ2v) is 4.70. The maximum atomic E-state index is 13.2. The van der Waals surface area contributed by atoms with E-state index in [1.54, 1.807) is 6.07 Å². The van der Waals surface area contributed by atoms with Crippen LogP contribution in [-0.2, 0) is 6.42 Å². The van der Waals surface area contributed by atoms with Crippen LogP contribution in [0.5, 0.6) is 5.75 Å². The quantitative estimate of drug-likeness (QED) is 0.726. The maximum Gasteiger partial charge on any atom is 0.133 e. The first-order chi connectivity index (χ1) is 8.17. The summed E-state index contributed by atoms with van der Waals surface area (Å²) in [6.07, 6.45) is 0.724. The molecule has 0 saturated carbocycles. The predicted molar refractivity (Wildman–Crippen MR) is 68.5 cm³/mol. The maximum absolute atomic E-state index is 13.2. The highest BCUT2D eigenvalue weighted by atomic mass is 32.2. The molecule has 1 rings (SSSR count). The third-order valence-electron chi connectivity index (χ3n) is 2.32. The van der Waals surface area contributed by atoms with E-state index < -0.39 is 0 Å². The van der Waals surface area contributed by atoms with Crippen LogP contribution in [0.15, 0.2) is 18.2 Å². The van der Waals surface area contributed by atoms with Crippen molar-refractivity contribution in [1.29, 1.82) is 5.26 Å². The van der Waals surface area contributed by atoms with Crippen LogP contribution in [0.4, 0.5) is 4.39 Å². The van der Waals surface area contributed by atoms with Gasteiger partial charge in [0.05, 0.1) is 6.61 Å². The Morgan fingerprint density at radius 2 is 2.29 bits per heavy atom. The lowest BCUT2D eigenvalue weighted by Crippen LogP contribution is -2.05. The number of hydrogen-bond donors (Lipinski definition) is 0. The summed E-state index contributed by atoms with van der Waals surface area (Å²) >= 11 is 1.23. The number of nitrogens with zero attached hydrogens (tertiary/aromatic N) is 1. The van der Waals surface area contributed by atoms with Crippen LogP contribution < -0.4 is 4.74 Å². The number of benzene rings is 1. The first kappa shape index (κ1) is 13.9. The molecule has 1 aromatic rings. The molecule has 0 amide bonds. The molecule has 0 radical (unpaired) electrons. The van der Waals surface area contributed by atoms with Gasteiger partial charge in [-0.2, -0.15) is 5.26 Å². The average molecular weight is 253 g/mol. The highest BCUT2D eigenvalue weighted by molar-refractivity contribution is 8.03. The minimum absolute atomic E-state index is 0.247. The summed E-state index contributed by atoms with van der Waals surface area (Å²) in [5.41, 5.74) is 0.873. The van der Waals surface area contributed by atoms with E-state index >= 15 is 0 Å². The van der Waals surface area contributed by atoms with Crippen molar-refractivity contribution in [2.45, 2.75) is 20.3 Å². The van der Waals surface area contributed by atoms with Gasteiger partial charge in [0.25, 0.3) is 0 Å². The lowest BCUT2D eigenvalue weighted by Gasteiger charge is -2.13. The van der Waals surface area contributed by atoms with Gasteiger partial charge >= 0.3 is 0 Å². The van der Waals surface area contributed by atoms with Gasteiger partial charge in [-0.1, -0.05) is 6.92 Å². The standard InChI is InChI=1S/C13H16FNOS/c1-3-16-13-5-4-12(14)7-11(13)6-10(2)8-17-9-15/h4-5,7,10H,3,6,8H2,1-2H3. The van der Waals surface area contributed by atoms with Crippen molar-refractivity contribution in [2.75, 3.05) is 12.4 Å². The SMILES string of the molecule is CCOc1ccc(F)cc1CC(C)CSC#N. The number of nitriles is 1. The molecule has 0 aromatic heterocycles. The summed E-state index contributed by atoms with van der Waals surface area (Å²) in [6.45, 7) is 4.52. The Bertz CT molecular complexity index is 403. The number of halogens is 1. The van der Waals surface area contributed by atoms with Crippen molar-refractivity contribution in [3.05, 3.63) is 29.6 Å². The summed E-state index contributed by atoms with van der Waals surface area (Å²) in [6, 6.07) is 4.58. The van der Waals surface area contributed by atoms with Gasteiger partial charge in [0.15, 0.2) is 0 Å². The largest absolute Gasteiger partial charge is 0.494 e. The van der Waals surface area contributed by atoms with Gasteiger partial charge in [-0.05, 0) is 54.8 Å². The summed E-state index contributed by atoms with van der Waals surface area (Å²) in [7, 11) is 0. The van der Waals surface area contributed by atoms with Crippen molar-refractivity contribution in [2.24, 2.45) is 5.92 Å².